The van der Waals surface area contributed by atoms with Gasteiger partial charge in [0.25, 0.3) is 0 Å². The molecule has 1 aromatic rings. The summed E-state index contributed by atoms with van der Waals surface area (Å²) in [6.45, 7) is 0.111. The molecule has 0 saturated heterocycles. The number of anilines is 1. The van der Waals surface area contributed by atoms with E-state index in [1.807, 2.05) is 0 Å². The van der Waals surface area contributed by atoms with Crippen LogP contribution in [-0.2, 0) is 4.65 Å². The highest BCUT2D eigenvalue weighted by atomic mass is 16.4. The Labute approximate surface area is 76.6 Å². The summed E-state index contributed by atoms with van der Waals surface area (Å²) >= 11 is 0. The lowest BCUT2D eigenvalue weighted by Gasteiger charge is -2.02. The number of rotatable bonds is 5. The first kappa shape index (κ1) is 9.69. The second-order valence-corrected chi connectivity index (χ2v) is 2.19. The summed E-state index contributed by atoms with van der Waals surface area (Å²) in [6, 6.07) is 3.32. The van der Waals surface area contributed by atoms with Gasteiger partial charge < -0.3 is 15.6 Å². The van der Waals surface area contributed by atoms with Crippen molar-refractivity contribution in [3.63, 3.8) is 0 Å². The number of carbonyl (C=O) groups is 1. The van der Waals surface area contributed by atoms with Gasteiger partial charge in [0, 0.05) is 11.8 Å². The number of carbonyl (C=O) groups excluding carboxylic acids is 1. The van der Waals surface area contributed by atoms with Crippen molar-refractivity contribution in [2.75, 3.05) is 12.0 Å². The van der Waals surface area contributed by atoms with E-state index in [-0.39, 0.29) is 6.73 Å². The highest BCUT2D eigenvalue weighted by Gasteiger charge is 1.95. The van der Waals surface area contributed by atoms with Gasteiger partial charge in [-0.3, -0.25) is 4.79 Å². The summed E-state index contributed by atoms with van der Waals surface area (Å²) in [7, 11) is 1.34. The van der Waals surface area contributed by atoms with Crippen LogP contribution in [0, 0.1) is 0 Å². The molecule has 1 rings (SSSR count). The Bertz CT molecular complexity index is 265. The topological polar surface area (TPSA) is 77.2 Å². The van der Waals surface area contributed by atoms with E-state index in [9.17, 15) is 4.79 Å². The third-order valence-corrected chi connectivity index (χ3v) is 1.31. The van der Waals surface area contributed by atoms with E-state index in [1.165, 1.54) is 13.8 Å². The second kappa shape index (κ2) is 5.29. The highest BCUT2D eigenvalue weighted by molar-refractivity contribution is 6.32. The number of nitrogens with zero attached hydrogens (tertiary/aromatic N) is 1. The van der Waals surface area contributed by atoms with Gasteiger partial charge in [-0.05, 0) is 12.1 Å². The van der Waals surface area contributed by atoms with Crippen molar-refractivity contribution in [2.45, 2.75) is 0 Å². The zero-order valence-corrected chi connectivity index (χ0v) is 6.93. The minimum absolute atomic E-state index is 0.111. The molecule has 0 aliphatic heterocycles. The molecule has 1 heterocycles. The largest absolute Gasteiger partial charge is 0.438 e. The number of nitrogens with two attached hydrogens (primary N) is 1. The fourth-order valence-electron chi connectivity index (χ4n) is 0.711. The average Bonchev–Trinajstić information content (AvgIpc) is 2.19. The van der Waals surface area contributed by atoms with E-state index in [0.29, 0.717) is 11.4 Å². The van der Waals surface area contributed by atoms with Crippen LogP contribution in [0.1, 0.15) is 10.4 Å². The van der Waals surface area contributed by atoms with E-state index < -0.39 is 0 Å². The third kappa shape index (κ3) is 3.22. The van der Waals surface area contributed by atoms with Gasteiger partial charge in [-0.1, -0.05) is 0 Å². The monoisotopic (exact) mass is 178 g/mol. The van der Waals surface area contributed by atoms with Crippen molar-refractivity contribution < 1.29 is 9.45 Å². The Morgan fingerprint density at radius 3 is 3.08 bits per heavy atom. The molecule has 1 radical (unpaired) electrons. The molecule has 5 nitrogen and oxygen atoms in total. The Hall–Kier alpha value is -1.40. The molecule has 0 fully saturated rings. The fourth-order valence-corrected chi connectivity index (χ4v) is 0.711. The van der Waals surface area contributed by atoms with Gasteiger partial charge in [0.05, 0.1) is 6.73 Å². The summed E-state index contributed by atoms with van der Waals surface area (Å²) in [6.07, 6.45) is 2.20. The van der Waals surface area contributed by atoms with Crippen LogP contribution in [0.4, 0.5) is 5.82 Å². The normalized spacial score (nSPS) is 9.31. The van der Waals surface area contributed by atoms with Gasteiger partial charge in [0.2, 0.25) is 0 Å². The first-order valence-electron chi connectivity index (χ1n) is 3.68. The number of hydrogen-bond donors (Lipinski definition) is 2. The Morgan fingerprint density at radius 1 is 1.69 bits per heavy atom. The van der Waals surface area contributed by atoms with Crippen molar-refractivity contribution in [3.8, 4) is 0 Å². The molecule has 0 bridgehead atoms. The lowest BCUT2D eigenvalue weighted by atomic mass is 10.2. The van der Waals surface area contributed by atoms with E-state index in [2.05, 4.69) is 10.2 Å². The molecule has 0 atom stereocenters. The van der Waals surface area contributed by atoms with E-state index in [0.717, 1.165) is 6.29 Å². The van der Waals surface area contributed by atoms with Gasteiger partial charge in [0.1, 0.15) is 5.82 Å². The molecule has 0 aromatic carbocycles. The SMILES string of the molecule is NCO[B]Nc1ccc(C=O)cn1. The quantitative estimate of drug-likeness (QED) is 0.282. The molecule has 0 amide bonds. The lowest BCUT2D eigenvalue weighted by Crippen LogP contribution is -2.16. The van der Waals surface area contributed by atoms with Crippen molar-refractivity contribution in [2.24, 2.45) is 5.73 Å². The van der Waals surface area contributed by atoms with Gasteiger partial charge in [-0.2, -0.15) is 0 Å². The second-order valence-electron chi connectivity index (χ2n) is 2.19. The molecule has 1 aromatic heterocycles. The third-order valence-electron chi connectivity index (χ3n) is 1.31. The van der Waals surface area contributed by atoms with E-state index in [1.54, 1.807) is 12.1 Å². The molecule has 0 saturated carbocycles. The van der Waals surface area contributed by atoms with Crippen molar-refractivity contribution >= 4 is 19.7 Å². The molecule has 67 valence electrons. The molecule has 3 N–H and O–H groups in total. The lowest BCUT2D eigenvalue weighted by molar-refractivity contribution is 0.112. The van der Waals surface area contributed by atoms with Gasteiger partial charge >= 0.3 is 7.62 Å². The summed E-state index contributed by atoms with van der Waals surface area (Å²) in [5, 5.41) is 2.74. The highest BCUT2D eigenvalue weighted by Crippen LogP contribution is 2.01. The molecule has 0 spiro atoms. The summed E-state index contributed by atoms with van der Waals surface area (Å²) in [4.78, 5) is 14.2. The Morgan fingerprint density at radius 2 is 2.54 bits per heavy atom. The number of aldehydes is 1. The fraction of sp³-hybridized carbons (Fsp3) is 0.143. The molecular weight excluding hydrogens is 169 g/mol. The summed E-state index contributed by atoms with van der Waals surface area (Å²) in [5.74, 6) is 0.596. The standard InChI is InChI=1S/C7H9BN3O2/c9-5-13-8-11-7-2-1-6(4-12)3-10-7/h1-4H,5,9H2,(H,10,11). The summed E-state index contributed by atoms with van der Waals surface area (Å²) < 4.78 is 4.73. The maximum Gasteiger partial charge on any atom is 0.438 e. The maximum atomic E-state index is 10.3. The van der Waals surface area contributed by atoms with Crippen molar-refractivity contribution in [1.29, 1.82) is 0 Å². The smallest absolute Gasteiger partial charge is 0.406 e. The van der Waals surface area contributed by atoms with Crippen LogP contribution >= 0.6 is 0 Å². The van der Waals surface area contributed by atoms with Crippen LogP contribution < -0.4 is 11.0 Å². The number of hydrogen-bond acceptors (Lipinski definition) is 5. The van der Waals surface area contributed by atoms with Crippen LogP contribution in [-0.4, -0.2) is 25.6 Å². The zero-order valence-electron chi connectivity index (χ0n) is 6.93. The molecule has 6 heteroatoms. The predicted octanol–water partition coefficient (Wildman–Crippen LogP) is -0.227. The van der Waals surface area contributed by atoms with Crippen LogP contribution in [0.15, 0.2) is 18.3 Å². The minimum Gasteiger partial charge on any atom is -0.406 e. The molecule has 0 aliphatic carbocycles. The van der Waals surface area contributed by atoms with Crippen LogP contribution in [0.25, 0.3) is 0 Å². The van der Waals surface area contributed by atoms with Gasteiger partial charge in [0.15, 0.2) is 6.29 Å². The first-order valence-corrected chi connectivity index (χ1v) is 3.68. The molecular formula is C7H9BN3O2. The van der Waals surface area contributed by atoms with E-state index >= 15 is 0 Å². The molecule has 13 heavy (non-hydrogen) atoms. The summed E-state index contributed by atoms with van der Waals surface area (Å²) in [5.41, 5.74) is 5.61. The minimum atomic E-state index is 0.111. The van der Waals surface area contributed by atoms with Gasteiger partial charge in [-0.25, -0.2) is 4.98 Å². The molecule has 0 aliphatic rings. The van der Waals surface area contributed by atoms with Crippen LogP contribution in [0.2, 0.25) is 0 Å². The first-order chi connectivity index (χ1) is 6.36. The number of pyridine rings is 1. The zero-order chi connectivity index (χ0) is 9.52. The van der Waals surface area contributed by atoms with Gasteiger partial charge in [-0.15, -0.1) is 0 Å². The van der Waals surface area contributed by atoms with Crippen molar-refractivity contribution in [1.82, 2.24) is 4.98 Å². The molecule has 0 unspecified atom stereocenters. The van der Waals surface area contributed by atoms with Crippen LogP contribution in [0.5, 0.6) is 0 Å². The maximum absolute atomic E-state index is 10.3. The average molecular weight is 178 g/mol. The Kier molecular flexibility index (Phi) is 3.94. The van der Waals surface area contributed by atoms with E-state index in [4.69, 9.17) is 10.4 Å². The number of nitrogens with one attached hydrogen (secondary N) is 1. The Balaban J connectivity index is 2.44. The van der Waals surface area contributed by atoms with Crippen molar-refractivity contribution in [3.05, 3.63) is 23.9 Å². The number of aromatic nitrogens is 1. The van der Waals surface area contributed by atoms with Crippen LogP contribution in [0.3, 0.4) is 0 Å². The predicted molar refractivity (Wildman–Crippen MR) is 49.1 cm³/mol.